The predicted octanol–water partition coefficient (Wildman–Crippen LogP) is 11.2. The van der Waals surface area contributed by atoms with Crippen LogP contribution >= 0.6 is 23.2 Å². The Morgan fingerprint density at radius 1 is 0.495 bits per heavy atom. The Balaban J connectivity index is 0.000000133. The Hall–Kier alpha value is -10.5. The molecule has 3 fully saturated rings. The van der Waals surface area contributed by atoms with E-state index in [1.165, 1.54) is 84.9 Å². The number of halogens is 5. The monoisotopic (exact) mass is 1330 g/mol. The lowest BCUT2D eigenvalue weighted by Gasteiger charge is -2.19. The number of hydrogen-bond acceptors (Lipinski definition) is 13. The number of aryl methyl sites for hydroxylation is 3. The second-order valence-corrected chi connectivity index (χ2v) is 23.6. The van der Waals surface area contributed by atoms with Gasteiger partial charge in [0, 0.05) is 144 Å². The molecule has 12 aromatic rings. The van der Waals surface area contributed by atoms with Crippen molar-refractivity contribution in [1.82, 2.24) is 68.1 Å². The molecule has 0 radical (unpaired) electrons. The second kappa shape index (κ2) is 29.2. The zero-order valence-corrected chi connectivity index (χ0v) is 54.1. The van der Waals surface area contributed by atoms with Crippen molar-refractivity contribution in [1.29, 1.82) is 0 Å². The van der Waals surface area contributed by atoms with E-state index in [-0.39, 0.29) is 57.2 Å². The first-order valence-corrected chi connectivity index (χ1v) is 31.6. The van der Waals surface area contributed by atoms with Gasteiger partial charge in [-0.1, -0.05) is 43.1 Å². The minimum absolute atomic E-state index is 0.00847. The van der Waals surface area contributed by atoms with Crippen LogP contribution in [-0.2, 0) is 0 Å². The summed E-state index contributed by atoms with van der Waals surface area (Å²) in [5.74, 6) is -0.150. The summed E-state index contributed by atoms with van der Waals surface area (Å²) in [7, 11) is 0. The zero-order valence-electron chi connectivity index (χ0n) is 52.6. The first-order chi connectivity index (χ1) is 45.9. The molecule has 12 heterocycles. The molecule has 490 valence electrons. The fourth-order valence-corrected chi connectivity index (χ4v) is 11.8. The molecule has 95 heavy (non-hydrogen) atoms. The molecule has 2 amide bonds. The number of rotatable bonds is 11. The number of carbonyl (C=O) groups is 3. The van der Waals surface area contributed by atoms with Gasteiger partial charge in [0.1, 0.15) is 17.5 Å². The number of aromatic nitrogens is 12. The van der Waals surface area contributed by atoms with Crippen LogP contribution in [0.4, 0.5) is 30.6 Å². The highest BCUT2D eigenvalue weighted by Crippen LogP contribution is 2.30. The van der Waals surface area contributed by atoms with Gasteiger partial charge in [0.25, 0.3) is 11.8 Å². The number of hydrogen-bond donors (Lipinski definition) is 4. The standard InChI is InChI=1S/C22H20ClFN6O.C22H21FN6O.C12H16N4.C10H6ClFN2O2.C2H6/c1-14-4-8-28-11-7-25-21(20(14)28)29-9-5-15(13-29)26-22(31)19-6-10-30(27-19)16-2-3-17(23)18(24)12-16;1-15-5-9-27-12-8-24-21(20(15)27)28-10-6-17(14-28)25-22(30)19-7-11-29(26-19)18-4-2-3-16(23)13-18;1-9-2-5-15-7-4-14-12(11(9)15)16-6-3-10(13)8-16;11-7-2-1-6(5-8(7)12)14-4-3-9(13-14)10(15)16;1-2/h2-4,6-8,10-12,15H,5,9,13H2,1H3,(H,26,31);2-5,7-9,11-13,17H,6,10,14H2,1H3,(H,25,30);2,4-5,7,10H,3,6,8,13H2,1H3;1-5H,(H,15,16);1-2H3/t15-;17-;10-;;/m000../s1. The Kier molecular flexibility index (Phi) is 20.3. The number of fused-ring (bicyclic) bond motifs is 3. The first-order valence-electron chi connectivity index (χ1n) is 30.9. The van der Waals surface area contributed by atoms with E-state index in [9.17, 15) is 27.6 Å². The van der Waals surface area contributed by atoms with Crippen molar-refractivity contribution in [2.75, 3.05) is 54.0 Å². The van der Waals surface area contributed by atoms with Gasteiger partial charge in [0.15, 0.2) is 34.5 Å². The summed E-state index contributed by atoms with van der Waals surface area (Å²) >= 11 is 11.3. The molecule has 3 aliphatic rings. The van der Waals surface area contributed by atoms with E-state index < -0.39 is 17.6 Å². The van der Waals surface area contributed by atoms with Gasteiger partial charge in [-0.3, -0.25) is 9.59 Å². The maximum Gasteiger partial charge on any atom is 0.356 e. The summed E-state index contributed by atoms with van der Waals surface area (Å²) in [6.07, 6.45) is 24.9. The summed E-state index contributed by atoms with van der Waals surface area (Å²) in [4.78, 5) is 56.3. The third-order valence-corrected chi connectivity index (χ3v) is 16.9. The van der Waals surface area contributed by atoms with Gasteiger partial charge >= 0.3 is 5.97 Å². The minimum Gasteiger partial charge on any atom is -0.476 e. The number of nitrogens with two attached hydrogens (primary N) is 1. The molecule has 22 nitrogen and oxygen atoms in total. The molecule has 0 aliphatic carbocycles. The van der Waals surface area contributed by atoms with E-state index in [1.54, 1.807) is 61.2 Å². The molecule has 3 aliphatic heterocycles. The van der Waals surface area contributed by atoms with E-state index in [4.69, 9.17) is 34.0 Å². The summed E-state index contributed by atoms with van der Waals surface area (Å²) in [5, 5.41) is 27.2. The molecule has 3 saturated heterocycles. The Labute approximate surface area is 554 Å². The number of anilines is 3. The van der Waals surface area contributed by atoms with Crippen LogP contribution < -0.4 is 31.1 Å². The Morgan fingerprint density at radius 2 is 0.884 bits per heavy atom. The maximum atomic E-state index is 13.7. The van der Waals surface area contributed by atoms with Gasteiger partial charge in [-0.15, -0.1) is 0 Å². The van der Waals surface area contributed by atoms with Crippen LogP contribution in [0.2, 0.25) is 10.0 Å². The molecule has 0 bridgehead atoms. The Morgan fingerprint density at radius 3 is 1.26 bits per heavy atom. The van der Waals surface area contributed by atoms with Crippen LogP contribution in [0.1, 0.15) is 81.3 Å². The van der Waals surface area contributed by atoms with Gasteiger partial charge in [0.05, 0.1) is 43.7 Å². The van der Waals surface area contributed by atoms with Gasteiger partial charge in [-0.2, -0.15) is 15.3 Å². The zero-order chi connectivity index (χ0) is 67.0. The molecule has 0 spiro atoms. The largest absolute Gasteiger partial charge is 0.476 e. The topological polar surface area (TPSA) is 237 Å². The molecule has 9 aromatic heterocycles. The van der Waals surface area contributed by atoms with Gasteiger partial charge in [-0.25, -0.2) is 47.0 Å². The number of carboxylic acids is 1. The second-order valence-electron chi connectivity index (χ2n) is 22.7. The number of benzene rings is 3. The van der Waals surface area contributed by atoms with E-state index in [0.29, 0.717) is 35.8 Å². The van der Waals surface area contributed by atoms with E-state index in [1.807, 2.05) is 51.0 Å². The van der Waals surface area contributed by atoms with Crippen molar-refractivity contribution in [3.8, 4) is 17.1 Å². The van der Waals surface area contributed by atoms with Crippen molar-refractivity contribution in [3.05, 3.63) is 233 Å². The molecule has 15 rings (SSSR count). The highest BCUT2D eigenvalue weighted by Gasteiger charge is 2.30. The third-order valence-electron chi connectivity index (χ3n) is 16.3. The lowest BCUT2D eigenvalue weighted by molar-refractivity contribution is 0.0689. The third kappa shape index (κ3) is 15.0. The van der Waals surface area contributed by atoms with Gasteiger partial charge < -0.3 is 49.4 Å². The summed E-state index contributed by atoms with van der Waals surface area (Å²) < 4.78 is 50.8. The number of carbonyl (C=O) groups excluding carboxylic acids is 2. The van der Waals surface area contributed by atoms with E-state index >= 15 is 0 Å². The predicted molar refractivity (Wildman–Crippen MR) is 360 cm³/mol. The molecule has 0 unspecified atom stereocenters. The van der Waals surface area contributed by atoms with Crippen molar-refractivity contribution in [3.63, 3.8) is 0 Å². The van der Waals surface area contributed by atoms with Crippen LogP contribution in [0, 0.1) is 38.2 Å². The average molecular weight is 1330 g/mol. The van der Waals surface area contributed by atoms with Crippen molar-refractivity contribution < 1.29 is 32.7 Å². The smallest absolute Gasteiger partial charge is 0.356 e. The van der Waals surface area contributed by atoms with E-state index in [2.05, 4.69) is 114 Å². The fourth-order valence-electron chi connectivity index (χ4n) is 11.6. The molecule has 5 N–H and O–H groups in total. The summed E-state index contributed by atoms with van der Waals surface area (Å²) in [5.41, 5.74) is 14.9. The highest BCUT2D eigenvalue weighted by molar-refractivity contribution is 6.31. The molecule has 0 saturated carbocycles. The van der Waals surface area contributed by atoms with Crippen LogP contribution in [0.15, 0.2) is 171 Å². The number of nitrogens with one attached hydrogen (secondary N) is 2. The first kappa shape index (κ1) is 66.0. The quantitative estimate of drug-likeness (QED) is 0.0943. The highest BCUT2D eigenvalue weighted by atomic mass is 35.5. The van der Waals surface area contributed by atoms with Crippen molar-refractivity contribution in [2.24, 2.45) is 5.73 Å². The fraction of sp³-hybridized carbons (Fsp3) is 0.250. The van der Waals surface area contributed by atoms with Crippen LogP contribution in [0.5, 0.6) is 0 Å². The van der Waals surface area contributed by atoms with Crippen LogP contribution in [-0.4, -0.2) is 138 Å². The van der Waals surface area contributed by atoms with Crippen LogP contribution in [0.25, 0.3) is 33.6 Å². The summed E-state index contributed by atoms with van der Waals surface area (Å²) in [6, 6.07) is 25.7. The summed E-state index contributed by atoms with van der Waals surface area (Å²) in [6.45, 7) is 15.2. The van der Waals surface area contributed by atoms with Crippen LogP contribution in [0.3, 0.4) is 0 Å². The number of nitrogens with zero attached hydrogens (tertiary/aromatic N) is 15. The molecule has 27 heteroatoms. The van der Waals surface area contributed by atoms with E-state index in [0.717, 1.165) is 73.9 Å². The average Bonchev–Trinajstić information content (AvgIpc) is 1.68. The number of carboxylic acid groups (broad SMARTS) is 1. The number of amides is 2. The van der Waals surface area contributed by atoms with Crippen molar-refractivity contribution >= 4 is 75.0 Å². The molecule has 3 aromatic carbocycles. The normalized spacial score (nSPS) is 15.8. The van der Waals surface area contributed by atoms with Crippen molar-refractivity contribution in [2.45, 2.75) is 72.0 Å². The molecular formula is C68H69Cl2F3N18O4. The number of aromatic carboxylic acids is 1. The lowest BCUT2D eigenvalue weighted by atomic mass is 10.2. The SMILES string of the molecule is CC.Cc1ccn2ccnc(N3CC[C@H](N)C3)c12.Cc1ccn2ccnc(N3CC[C@H](NC(=O)c4ccn(-c5ccc(Cl)c(F)c5)n4)C3)c12.Cc1ccn2ccnc(N3CC[C@H](NC(=O)c4ccn(-c5cccc(F)c5)n4)C3)c12.O=C(O)c1ccn(-c2ccc(Cl)c(F)c2)n1. The maximum absolute atomic E-state index is 13.7. The van der Waals surface area contributed by atoms with Gasteiger partial charge in [0.2, 0.25) is 0 Å². The molecule has 3 atom stereocenters. The minimum atomic E-state index is -1.13. The Bertz CT molecular complexity index is 4710. The lowest BCUT2D eigenvalue weighted by Crippen LogP contribution is -2.37. The molecular weight excluding hydrogens is 1260 g/mol. The van der Waals surface area contributed by atoms with Gasteiger partial charge in [-0.05, 0) is 136 Å².